The van der Waals surface area contributed by atoms with E-state index in [1.165, 1.54) is 26.0 Å². The summed E-state index contributed by atoms with van der Waals surface area (Å²) < 4.78 is 9.72. The van der Waals surface area contributed by atoms with Crippen LogP contribution in [0.2, 0.25) is 0 Å². The maximum Gasteiger partial charge on any atom is 0.306 e. The number of aromatic nitrogens is 2. The normalized spacial score (nSPS) is 16.9. The van der Waals surface area contributed by atoms with Crippen molar-refractivity contribution in [1.29, 1.82) is 0 Å². The molecular weight excluding hydrogens is 320 g/mol. The lowest BCUT2D eigenvalue weighted by molar-refractivity contribution is -0.136. The van der Waals surface area contributed by atoms with Gasteiger partial charge in [0, 0.05) is 11.5 Å². The topological polar surface area (TPSA) is 81.5 Å². The van der Waals surface area contributed by atoms with Gasteiger partial charge in [0.2, 0.25) is 11.8 Å². The van der Waals surface area contributed by atoms with Crippen LogP contribution in [-0.4, -0.2) is 50.2 Å². The predicted octanol–water partition coefficient (Wildman–Crippen LogP) is 2.19. The lowest BCUT2D eigenvalue weighted by atomic mass is 10.5. The molecule has 6 nitrogen and oxygen atoms in total. The van der Waals surface area contributed by atoms with E-state index in [1.807, 2.05) is 0 Å². The van der Waals surface area contributed by atoms with E-state index in [0.29, 0.717) is 16.9 Å². The van der Waals surface area contributed by atoms with Gasteiger partial charge in [-0.05, 0) is 0 Å². The van der Waals surface area contributed by atoms with Crippen molar-refractivity contribution in [2.45, 2.75) is 15.0 Å². The molecule has 20 heavy (non-hydrogen) atoms. The number of aliphatic carboxylic acids is 1. The molecule has 1 fully saturated rings. The van der Waals surface area contributed by atoms with Crippen molar-refractivity contribution in [3.63, 3.8) is 0 Å². The maximum absolute atomic E-state index is 11.1. The number of ether oxygens (including phenoxy) is 2. The second-order valence-electron chi connectivity index (χ2n) is 3.79. The minimum absolute atomic E-state index is 0.0515. The van der Waals surface area contributed by atoms with Crippen molar-refractivity contribution in [1.82, 2.24) is 9.97 Å². The summed E-state index contributed by atoms with van der Waals surface area (Å²) in [5, 5.41) is 9.55. The van der Waals surface area contributed by atoms with Gasteiger partial charge < -0.3 is 14.6 Å². The highest BCUT2D eigenvalue weighted by molar-refractivity contribution is 8.35. The van der Waals surface area contributed by atoms with Crippen molar-refractivity contribution in [2.24, 2.45) is 0 Å². The van der Waals surface area contributed by atoms with E-state index >= 15 is 0 Å². The van der Waals surface area contributed by atoms with E-state index < -0.39 is 9.38 Å². The second kappa shape index (κ2) is 6.77. The van der Waals surface area contributed by atoms with Gasteiger partial charge in [-0.2, -0.15) is 9.97 Å². The van der Waals surface area contributed by atoms with Crippen molar-refractivity contribution in [2.75, 3.05) is 25.7 Å². The zero-order valence-corrected chi connectivity index (χ0v) is 13.4. The van der Waals surface area contributed by atoms with Gasteiger partial charge in [0.15, 0.2) is 5.16 Å². The van der Waals surface area contributed by atoms with Gasteiger partial charge in [-0.25, -0.2) is 0 Å². The zero-order chi connectivity index (χ0) is 14.6. The average Bonchev–Trinajstić information content (AvgIpc) is 2.85. The molecule has 0 aromatic carbocycles. The molecule has 0 saturated carbocycles. The van der Waals surface area contributed by atoms with Crippen molar-refractivity contribution in [3.05, 3.63) is 6.07 Å². The van der Waals surface area contributed by atoms with Crippen LogP contribution in [-0.2, 0) is 4.79 Å². The summed E-state index contributed by atoms with van der Waals surface area (Å²) in [5.74, 6) is 1.82. The monoisotopic (exact) mass is 334 g/mol. The molecule has 1 aliphatic rings. The Hall–Kier alpha value is -0.800. The Kier molecular flexibility index (Phi) is 5.28. The first-order valence-electron chi connectivity index (χ1n) is 5.73. The molecule has 0 radical (unpaired) electrons. The fourth-order valence-electron chi connectivity index (χ4n) is 1.60. The molecular formula is C11H14N2O4S3. The highest BCUT2D eigenvalue weighted by Gasteiger charge is 2.40. The largest absolute Gasteiger partial charge is 0.481 e. The minimum atomic E-state index is -0.825. The Balaban J connectivity index is 2.24. The van der Waals surface area contributed by atoms with Gasteiger partial charge in [0.05, 0.1) is 26.7 Å². The number of carboxylic acids is 1. The zero-order valence-electron chi connectivity index (χ0n) is 11.0. The molecule has 0 unspecified atom stereocenters. The molecule has 110 valence electrons. The number of hydrogen-bond donors (Lipinski definition) is 1. The average molecular weight is 334 g/mol. The number of carbonyl (C=O) groups is 1. The highest BCUT2D eigenvalue weighted by atomic mass is 32.3. The van der Waals surface area contributed by atoms with Gasteiger partial charge in [-0.1, -0.05) is 11.8 Å². The third-order valence-electron chi connectivity index (χ3n) is 2.42. The van der Waals surface area contributed by atoms with E-state index in [-0.39, 0.29) is 6.42 Å². The summed E-state index contributed by atoms with van der Waals surface area (Å²) in [7, 11) is 3.03. The summed E-state index contributed by atoms with van der Waals surface area (Å²) in [4.78, 5) is 19.6. The standard InChI is InChI=1S/C11H14N2O4S3/c1-16-7-5-8(17-2)13-10(12-7)20-11(6-9(14)15)18-3-4-19-11/h5H,3-4,6H2,1-2H3,(H,14,15). The van der Waals surface area contributed by atoms with Crippen LogP contribution in [0.1, 0.15) is 6.42 Å². The first-order chi connectivity index (χ1) is 9.57. The van der Waals surface area contributed by atoms with Crippen LogP contribution in [0.3, 0.4) is 0 Å². The van der Waals surface area contributed by atoms with Gasteiger partial charge in [0.25, 0.3) is 0 Å². The van der Waals surface area contributed by atoms with Gasteiger partial charge in [-0.15, -0.1) is 23.5 Å². The fraction of sp³-hybridized carbons (Fsp3) is 0.545. The highest BCUT2D eigenvalue weighted by Crippen LogP contribution is 2.56. The van der Waals surface area contributed by atoms with Gasteiger partial charge >= 0.3 is 5.97 Å². The number of methoxy groups -OCH3 is 2. The molecule has 0 aliphatic carbocycles. The quantitative estimate of drug-likeness (QED) is 0.787. The lowest BCUT2D eigenvalue weighted by Crippen LogP contribution is -2.18. The molecule has 0 atom stereocenters. The number of hydrogen-bond acceptors (Lipinski definition) is 8. The molecule has 1 aliphatic heterocycles. The summed E-state index contributed by atoms with van der Waals surface area (Å²) >= 11 is 4.60. The summed E-state index contributed by atoms with van der Waals surface area (Å²) in [6.07, 6.45) is 0.0515. The molecule has 1 N–H and O–H groups in total. The van der Waals surface area contributed by atoms with Gasteiger partial charge in [0.1, 0.15) is 3.41 Å². The van der Waals surface area contributed by atoms with E-state index in [1.54, 1.807) is 29.6 Å². The number of carboxylic acid groups (broad SMARTS) is 1. The van der Waals surface area contributed by atoms with E-state index in [2.05, 4.69) is 9.97 Å². The van der Waals surface area contributed by atoms with Crippen molar-refractivity contribution < 1.29 is 19.4 Å². The van der Waals surface area contributed by atoms with Crippen LogP contribution in [0.5, 0.6) is 11.8 Å². The van der Waals surface area contributed by atoms with E-state index in [9.17, 15) is 4.79 Å². The smallest absolute Gasteiger partial charge is 0.306 e. The number of rotatable bonds is 6. The molecule has 1 aromatic rings. The first kappa shape index (κ1) is 15.6. The Morgan fingerprint density at radius 3 is 2.35 bits per heavy atom. The molecule has 0 bridgehead atoms. The molecule has 1 aromatic heterocycles. The van der Waals surface area contributed by atoms with Crippen LogP contribution in [0, 0.1) is 0 Å². The van der Waals surface area contributed by atoms with Crippen LogP contribution >= 0.6 is 35.3 Å². The lowest BCUT2D eigenvalue weighted by Gasteiger charge is -2.23. The first-order valence-corrected chi connectivity index (χ1v) is 8.51. The minimum Gasteiger partial charge on any atom is -0.481 e. The Bertz CT molecular complexity index is 472. The fourth-order valence-corrected chi connectivity index (χ4v) is 6.33. The van der Waals surface area contributed by atoms with Crippen molar-refractivity contribution >= 4 is 41.3 Å². The van der Waals surface area contributed by atoms with Gasteiger partial charge in [-0.3, -0.25) is 4.79 Å². The Morgan fingerprint density at radius 2 is 1.90 bits per heavy atom. The predicted molar refractivity (Wildman–Crippen MR) is 80.9 cm³/mol. The Morgan fingerprint density at radius 1 is 1.35 bits per heavy atom. The summed E-state index contributed by atoms with van der Waals surface area (Å²) in [6.45, 7) is 0. The third-order valence-corrected chi connectivity index (χ3v) is 7.40. The molecule has 0 spiro atoms. The molecule has 2 heterocycles. The molecule has 0 amide bonds. The number of thioether (sulfide) groups is 3. The summed E-state index contributed by atoms with van der Waals surface area (Å²) in [6, 6.07) is 1.59. The molecule has 9 heteroatoms. The van der Waals surface area contributed by atoms with E-state index in [4.69, 9.17) is 14.6 Å². The van der Waals surface area contributed by atoms with Crippen LogP contribution in [0.15, 0.2) is 11.2 Å². The molecule has 2 rings (SSSR count). The third kappa shape index (κ3) is 3.86. The molecule has 1 saturated heterocycles. The van der Waals surface area contributed by atoms with Crippen LogP contribution in [0.25, 0.3) is 0 Å². The SMILES string of the molecule is COc1cc(OC)nc(SC2(CC(=O)O)SCCS2)n1. The van der Waals surface area contributed by atoms with E-state index in [0.717, 1.165) is 11.5 Å². The van der Waals surface area contributed by atoms with Crippen LogP contribution in [0.4, 0.5) is 0 Å². The van der Waals surface area contributed by atoms with Crippen molar-refractivity contribution in [3.8, 4) is 11.8 Å². The Labute approximate surface area is 129 Å². The summed E-state index contributed by atoms with van der Waals surface area (Å²) in [5.41, 5.74) is 0. The second-order valence-corrected chi connectivity index (χ2v) is 8.62. The number of nitrogens with zero attached hydrogens (tertiary/aromatic N) is 2. The van der Waals surface area contributed by atoms with Crippen LogP contribution < -0.4 is 9.47 Å². The maximum atomic E-state index is 11.1.